The van der Waals surface area contributed by atoms with E-state index in [0.29, 0.717) is 12.3 Å². The zero-order valence-corrected chi connectivity index (χ0v) is 12.9. The van der Waals surface area contributed by atoms with Crippen molar-refractivity contribution in [2.24, 2.45) is 5.92 Å². The highest BCUT2D eigenvalue weighted by Crippen LogP contribution is 2.19. The van der Waals surface area contributed by atoms with Crippen LogP contribution in [-0.4, -0.2) is 59.9 Å². The van der Waals surface area contributed by atoms with Crippen molar-refractivity contribution in [3.63, 3.8) is 0 Å². The zero-order chi connectivity index (χ0) is 14.7. The fraction of sp³-hybridized carbons (Fsp3) is 0.867. The molecule has 3 atom stereocenters. The van der Waals surface area contributed by atoms with Gasteiger partial charge in [-0.2, -0.15) is 0 Å². The predicted molar refractivity (Wildman–Crippen MR) is 78.2 cm³/mol. The SMILES string of the molecule is CCC(C)N1C(=O)CC(NCC2CCN(CC)C2)C1=O. The van der Waals surface area contributed by atoms with Gasteiger partial charge in [-0.3, -0.25) is 14.5 Å². The van der Waals surface area contributed by atoms with Crippen LogP contribution in [0.15, 0.2) is 0 Å². The molecule has 0 aromatic rings. The molecule has 2 rings (SSSR count). The van der Waals surface area contributed by atoms with Crippen molar-refractivity contribution >= 4 is 11.8 Å². The maximum atomic E-state index is 12.3. The first kappa shape index (κ1) is 15.4. The van der Waals surface area contributed by atoms with Gasteiger partial charge < -0.3 is 10.2 Å². The number of hydrogen-bond acceptors (Lipinski definition) is 4. The molecule has 1 N–H and O–H groups in total. The molecule has 3 unspecified atom stereocenters. The summed E-state index contributed by atoms with van der Waals surface area (Å²) >= 11 is 0. The molecule has 0 aromatic carbocycles. The summed E-state index contributed by atoms with van der Waals surface area (Å²) in [5, 5.41) is 3.32. The van der Waals surface area contributed by atoms with Crippen LogP contribution >= 0.6 is 0 Å². The van der Waals surface area contributed by atoms with Gasteiger partial charge in [0.15, 0.2) is 0 Å². The summed E-state index contributed by atoms with van der Waals surface area (Å²) in [4.78, 5) is 28.1. The third kappa shape index (κ3) is 3.20. The number of imide groups is 1. The molecule has 2 amide bonds. The molecule has 20 heavy (non-hydrogen) atoms. The van der Waals surface area contributed by atoms with Crippen LogP contribution in [0.2, 0.25) is 0 Å². The van der Waals surface area contributed by atoms with E-state index in [-0.39, 0.29) is 23.9 Å². The van der Waals surface area contributed by atoms with E-state index in [1.165, 1.54) is 11.3 Å². The minimum absolute atomic E-state index is 0.0175. The molecule has 2 saturated heterocycles. The Bertz CT molecular complexity index is 372. The van der Waals surface area contributed by atoms with E-state index in [1.807, 2.05) is 13.8 Å². The van der Waals surface area contributed by atoms with Gasteiger partial charge in [-0.15, -0.1) is 0 Å². The summed E-state index contributed by atoms with van der Waals surface area (Å²) in [6.07, 6.45) is 2.33. The highest BCUT2D eigenvalue weighted by atomic mass is 16.2. The van der Waals surface area contributed by atoms with Crippen LogP contribution in [0.4, 0.5) is 0 Å². The smallest absolute Gasteiger partial charge is 0.247 e. The number of hydrogen-bond donors (Lipinski definition) is 1. The molecule has 0 spiro atoms. The second kappa shape index (κ2) is 6.68. The highest BCUT2D eigenvalue weighted by molar-refractivity contribution is 6.05. The molecule has 2 fully saturated rings. The van der Waals surface area contributed by atoms with Gasteiger partial charge in [0.05, 0.1) is 12.5 Å². The number of nitrogens with zero attached hydrogens (tertiary/aromatic N) is 2. The average Bonchev–Trinajstić information content (AvgIpc) is 3.00. The molecule has 2 heterocycles. The Morgan fingerprint density at radius 2 is 2.10 bits per heavy atom. The van der Waals surface area contributed by atoms with Crippen LogP contribution in [0, 0.1) is 5.92 Å². The molecule has 2 aliphatic heterocycles. The van der Waals surface area contributed by atoms with Crippen molar-refractivity contribution in [1.82, 2.24) is 15.1 Å². The Morgan fingerprint density at radius 3 is 2.70 bits per heavy atom. The molecular formula is C15H27N3O2. The summed E-state index contributed by atoms with van der Waals surface area (Å²) in [5.74, 6) is 0.550. The zero-order valence-electron chi connectivity index (χ0n) is 12.9. The Kier molecular flexibility index (Phi) is 5.16. The van der Waals surface area contributed by atoms with Gasteiger partial charge in [0, 0.05) is 12.6 Å². The maximum Gasteiger partial charge on any atom is 0.247 e. The largest absolute Gasteiger partial charge is 0.305 e. The molecule has 2 aliphatic rings. The van der Waals surface area contributed by atoms with Gasteiger partial charge in [0.25, 0.3) is 0 Å². The van der Waals surface area contributed by atoms with Crippen molar-refractivity contribution in [2.45, 2.75) is 52.1 Å². The second-order valence-corrected chi connectivity index (χ2v) is 6.07. The third-order valence-electron chi connectivity index (χ3n) is 4.68. The quantitative estimate of drug-likeness (QED) is 0.733. The topological polar surface area (TPSA) is 52.7 Å². The van der Waals surface area contributed by atoms with Crippen LogP contribution in [0.1, 0.15) is 40.0 Å². The number of rotatable bonds is 6. The van der Waals surface area contributed by atoms with Gasteiger partial charge in [-0.25, -0.2) is 0 Å². The number of amides is 2. The number of carbonyl (C=O) groups is 2. The van der Waals surface area contributed by atoms with E-state index in [2.05, 4.69) is 17.1 Å². The monoisotopic (exact) mass is 281 g/mol. The van der Waals surface area contributed by atoms with Crippen molar-refractivity contribution in [1.29, 1.82) is 0 Å². The van der Waals surface area contributed by atoms with E-state index in [9.17, 15) is 9.59 Å². The third-order valence-corrected chi connectivity index (χ3v) is 4.68. The summed E-state index contributed by atoms with van der Waals surface area (Å²) in [5.41, 5.74) is 0. The van der Waals surface area contributed by atoms with Crippen LogP contribution < -0.4 is 5.32 Å². The molecule has 0 radical (unpaired) electrons. The van der Waals surface area contributed by atoms with E-state index in [4.69, 9.17) is 0 Å². The van der Waals surface area contributed by atoms with Crippen LogP contribution in [0.5, 0.6) is 0 Å². The first-order valence-corrected chi connectivity index (χ1v) is 7.88. The van der Waals surface area contributed by atoms with Crippen molar-refractivity contribution in [3.05, 3.63) is 0 Å². The van der Waals surface area contributed by atoms with Crippen LogP contribution in [0.3, 0.4) is 0 Å². The molecule has 0 bridgehead atoms. The molecule has 0 aliphatic carbocycles. The van der Waals surface area contributed by atoms with E-state index < -0.39 is 0 Å². The normalized spacial score (nSPS) is 29.4. The maximum absolute atomic E-state index is 12.3. The van der Waals surface area contributed by atoms with Gasteiger partial charge in [-0.05, 0) is 45.3 Å². The van der Waals surface area contributed by atoms with Crippen molar-refractivity contribution in [2.75, 3.05) is 26.2 Å². The summed E-state index contributed by atoms with van der Waals surface area (Å²) in [6, 6.07) is -0.281. The highest BCUT2D eigenvalue weighted by Gasteiger charge is 2.40. The molecule has 5 heteroatoms. The van der Waals surface area contributed by atoms with Crippen LogP contribution in [0.25, 0.3) is 0 Å². The lowest BCUT2D eigenvalue weighted by molar-refractivity contribution is -0.141. The first-order chi connectivity index (χ1) is 9.56. The summed E-state index contributed by atoms with van der Waals surface area (Å²) in [6.45, 7) is 10.3. The fourth-order valence-electron chi connectivity index (χ4n) is 3.13. The summed E-state index contributed by atoms with van der Waals surface area (Å²) in [7, 11) is 0. The minimum atomic E-state index is -0.299. The Labute approximate surface area is 121 Å². The van der Waals surface area contributed by atoms with Crippen molar-refractivity contribution in [3.8, 4) is 0 Å². The van der Waals surface area contributed by atoms with Gasteiger partial charge in [-0.1, -0.05) is 13.8 Å². The molecule has 0 aromatic heterocycles. The minimum Gasteiger partial charge on any atom is -0.305 e. The Balaban J connectivity index is 1.83. The number of likely N-dealkylation sites (tertiary alicyclic amines) is 2. The molecule has 5 nitrogen and oxygen atoms in total. The van der Waals surface area contributed by atoms with Crippen LogP contribution in [-0.2, 0) is 9.59 Å². The number of carbonyl (C=O) groups excluding carboxylic acids is 2. The van der Waals surface area contributed by atoms with E-state index in [0.717, 1.165) is 32.6 Å². The lowest BCUT2D eigenvalue weighted by Gasteiger charge is -2.22. The second-order valence-electron chi connectivity index (χ2n) is 6.07. The van der Waals surface area contributed by atoms with Gasteiger partial charge in [0.2, 0.25) is 11.8 Å². The van der Waals surface area contributed by atoms with E-state index in [1.54, 1.807) is 0 Å². The average molecular weight is 281 g/mol. The predicted octanol–water partition coefficient (Wildman–Crippen LogP) is 0.844. The Hall–Kier alpha value is -0.940. The van der Waals surface area contributed by atoms with Crippen molar-refractivity contribution < 1.29 is 9.59 Å². The summed E-state index contributed by atoms with van der Waals surface area (Å²) < 4.78 is 0. The molecule has 114 valence electrons. The van der Waals surface area contributed by atoms with Gasteiger partial charge >= 0.3 is 0 Å². The Morgan fingerprint density at radius 1 is 1.35 bits per heavy atom. The number of nitrogens with one attached hydrogen (secondary N) is 1. The van der Waals surface area contributed by atoms with E-state index >= 15 is 0 Å². The van der Waals surface area contributed by atoms with Gasteiger partial charge in [0.1, 0.15) is 0 Å². The fourth-order valence-corrected chi connectivity index (χ4v) is 3.13. The lowest BCUT2D eigenvalue weighted by atomic mass is 10.1. The standard InChI is InChI=1S/C15H27N3O2/c1-4-11(3)18-14(19)8-13(15(18)20)16-9-12-6-7-17(5-2)10-12/h11-13,16H,4-10H2,1-3H3. The lowest BCUT2D eigenvalue weighted by Crippen LogP contribution is -2.44. The molecular weight excluding hydrogens is 254 g/mol. The first-order valence-electron chi connectivity index (χ1n) is 7.88. The molecule has 0 saturated carbocycles.